The second-order valence-electron chi connectivity index (χ2n) is 29.6. The fourth-order valence-electron chi connectivity index (χ4n) is 14.7. The van der Waals surface area contributed by atoms with Gasteiger partial charge in [-0.3, -0.25) is 0 Å². The van der Waals surface area contributed by atoms with Crippen LogP contribution < -0.4 is 0 Å². The minimum Gasteiger partial charge on any atom is -0.0683 e. The highest BCUT2D eigenvalue weighted by atomic mass is 14.3. The molecule has 0 aromatic heterocycles. The SMILES string of the molecule is CC.CC.CC.CC.CC.CC.CC(C)(C)c1cc(Cc2c3ccccc3cc3ccccc23)ccc1Cc1c2ccccc2cc2ccccc12.CC(C)(C)c1cc(Cc2cccc3ccccc23)ccc1Cc1cccc2ccccc12.CC(C)(C)c1cc(Cc2ccccc2)ccc1Cc1ccccc1. The van der Waals surface area contributed by atoms with Gasteiger partial charge in [0.2, 0.25) is 0 Å². The van der Waals surface area contributed by atoms with E-state index in [4.69, 9.17) is 0 Å². The average Bonchev–Trinajstić information content (AvgIpc) is 0.769. The van der Waals surface area contributed by atoms with Crippen LogP contribution in [-0.2, 0) is 54.8 Å². The second kappa shape index (κ2) is 41.8. The minimum atomic E-state index is 0.0343. The maximum Gasteiger partial charge on any atom is -0.00105 e. The summed E-state index contributed by atoms with van der Waals surface area (Å²) in [7, 11) is 0. The lowest BCUT2D eigenvalue weighted by Gasteiger charge is -2.25. The van der Waals surface area contributed by atoms with Crippen LogP contribution in [0.5, 0.6) is 0 Å². The van der Waals surface area contributed by atoms with Gasteiger partial charge in [0, 0.05) is 0 Å². The van der Waals surface area contributed by atoms with Gasteiger partial charge < -0.3 is 0 Å². The van der Waals surface area contributed by atoms with E-state index in [0.717, 1.165) is 38.5 Å². The second-order valence-corrected chi connectivity index (χ2v) is 29.6. The molecule has 0 spiro atoms. The Bertz CT molecular complexity index is 5100. The molecule has 0 aliphatic rings. The summed E-state index contributed by atoms with van der Waals surface area (Å²) in [5.74, 6) is 0. The Morgan fingerprint density at radius 2 is 0.417 bits per heavy atom. The van der Waals surface area contributed by atoms with Gasteiger partial charge in [-0.2, -0.15) is 0 Å². The highest BCUT2D eigenvalue weighted by Crippen LogP contribution is 2.38. The zero-order valence-electron chi connectivity index (χ0n) is 69.7. The third kappa shape index (κ3) is 22.3. The molecule has 15 aromatic rings. The molecule has 0 N–H and O–H groups in total. The van der Waals surface area contributed by atoms with Crippen molar-refractivity contribution in [1.29, 1.82) is 0 Å². The van der Waals surface area contributed by atoms with Crippen LogP contribution in [0.2, 0.25) is 0 Å². The number of hydrogen-bond acceptors (Lipinski definition) is 0. The van der Waals surface area contributed by atoms with Crippen LogP contribution in [0.15, 0.2) is 309 Å². The van der Waals surface area contributed by atoms with Crippen molar-refractivity contribution < 1.29 is 0 Å². The quantitative estimate of drug-likeness (QED) is 0.107. The Morgan fingerprint density at radius 3 is 0.778 bits per heavy atom. The number of fused-ring (bicyclic) bond motifs is 6. The van der Waals surface area contributed by atoms with Crippen molar-refractivity contribution in [2.75, 3.05) is 0 Å². The highest BCUT2D eigenvalue weighted by molar-refractivity contribution is 6.04. The molecule has 0 saturated heterocycles. The first-order chi connectivity index (χ1) is 52.5. The molecular formula is C108H126. The molecule has 15 aromatic carbocycles. The van der Waals surface area contributed by atoms with E-state index in [-0.39, 0.29) is 16.2 Å². The Kier molecular flexibility index (Phi) is 33.0. The van der Waals surface area contributed by atoms with Crippen molar-refractivity contribution in [3.63, 3.8) is 0 Å². The summed E-state index contributed by atoms with van der Waals surface area (Å²) >= 11 is 0. The van der Waals surface area contributed by atoms with Gasteiger partial charge in [-0.1, -0.05) is 443 Å². The first kappa shape index (κ1) is 85.1. The van der Waals surface area contributed by atoms with Crippen LogP contribution >= 0.6 is 0 Å². The zero-order valence-corrected chi connectivity index (χ0v) is 69.7. The largest absolute Gasteiger partial charge is 0.0683 e. The summed E-state index contributed by atoms with van der Waals surface area (Å²) < 4.78 is 0. The van der Waals surface area contributed by atoms with Crippen molar-refractivity contribution in [2.24, 2.45) is 0 Å². The normalized spacial score (nSPS) is 10.9. The highest BCUT2D eigenvalue weighted by Gasteiger charge is 2.24. The van der Waals surface area contributed by atoms with E-state index in [1.54, 1.807) is 0 Å². The minimum absolute atomic E-state index is 0.0343. The molecule has 0 nitrogen and oxygen atoms in total. The van der Waals surface area contributed by atoms with E-state index in [2.05, 4.69) is 372 Å². The lowest BCUT2D eigenvalue weighted by Crippen LogP contribution is -2.15. The van der Waals surface area contributed by atoms with Gasteiger partial charge in [0.1, 0.15) is 0 Å². The topological polar surface area (TPSA) is 0 Å². The first-order valence-corrected chi connectivity index (χ1v) is 40.6. The summed E-state index contributed by atoms with van der Waals surface area (Å²) in [5, 5.41) is 16.0. The molecule has 0 heteroatoms. The molecule has 108 heavy (non-hydrogen) atoms. The molecule has 15 rings (SSSR count). The van der Waals surface area contributed by atoms with Gasteiger partial charge >= 0.3 is 0 Å². The maximum atomic E-state index is 2.49. The third-order valence-electron chi connectivity index (χ3n) is 19.5. The number of hydrogen-bond donors (Lipinski definition) is 0. The number of rotatable bonds is 12. The van der Waals surface area contributed by atoms with Crippen molar-refractivity contribution in [1.82, 2.24) is 0 Å². The van der Waals surface area contributed by atoms with Gasteiger partial charge in [0.25, 0.3) is 0 Å². The molecule has 558 valence electrons. The van der Waals surface area contributed by atoms with Crippen LogP contribution in [0, 0.1) is 0 Å². The Hall–Kier alpha value is -10.1. The molecular weight excluding hydrogens is 1300 g/mol. The predicted octanol–water partition coefficient (Wildman–Crippen LogP) is 31.6. The monoisotopic (exact) mass is 1420 g/mol. The van der Waals surface area contributed by atoms with Crippen LogP contribution in [0.3, 0.4) is 0 Å². The molecule has 0 amide bonds. The lowest BCUT2D eigenvalue weighted by atomic mass is 9.79. The molecule has 0 fully saturated rings. The van der Waals surface area contributed by atoms with Crippen molar-refractivity contribution >= 4 is 64.6 Å². The fourth-order valence-corrected chi connectivity index (χ4v) is 14.7. The van der Waals surface area contributed by atoms with E-state index >= 15 is 0 Å². The molecule has 0 bridgehead atoms. The molecule has 0 aliphatic carbocycles. The molecule has 0 atom stereocenters. The standard InChI is InChI=1S/C40H34.C32H30.C24H26.6C2H6/c1-40(2,3)39-23-27(22-37-33-16-8-4-12-28(33)24-29-13-5-9-17-34(29)37)20-21-32(39)26-38-35-18-10-6-14-30(35)25-31-15-7-11-19-36(31)38;1-32(2,3)31-21-23(20-26-14-8-12-24-10-4-6-16-29(24)26)18-19-28(31)22-27-15-9-13-25-11-5-7-17-30(25)27;1-24(2,3)23-18-21(16-19-10-6-4-7-11-19)14-15-22(23)17-20-12-8-5-9-13-20;6*1-2/h4-21,23-25H,22,26H2,1-3H3;4-19,21H,20,22H2,1-3H3;4-15,18H,16-17H2,1-3H3;6*1-2H3. The van der Waals surface area contributed by atoms with Crippen LogP contribution in [-0.4, -0.2) is 0 Å². The van der Waals surface area contributed by atoms with Crippen LogP contribution in [0.25, 0.3) is 64.6 Å². The van der Waals surface area contributed by atoms with E-state index < -0.39 is 0 Å². The molecule has 0 radical (unpaired) electrons. The summed E-state index contributed by atoms with van der Waals surface area (Å²) in [6, 6.07) is 114. The fraction of sp³-hybridized carbons (Fsp3) is 0.278. The van der Waals surface area contributed by atoms with Crippen LogP contribution in [0.1, 0.15) is 229 Å². The summed E-state index contributed by atoms with van der Waals surface area (Å²) in [6.45, 7) is 45.0. The molecule has 0 saturated carbocycles. The van der Waals surface area contributed by atoms with E-state index in [9.17, 15) is 0 Å². The third-order valence-corrected chi connectivity index (χ3v) is 19.5. The average molecular weight is 1420 g/mol. The Labute approximate surface area is 653 Å². The summed E-state index contributed by atoms with van der Waals surface area (Å²) in [5.41, 5.74) is 21.4. The molecule has 0 heterocycles. The van der Waals surface area contributed by atoms with Gasteiger partial charge in [-0.05, 0) is 215 Å². The van der Waals surface area contributed by atoms with Gasteiger partial charge in [-0.15, -0.1) is 0 Å². The maximum absolute atomic E-state index is 2.49. The lowest BCUT2D eigenvalue weighted by molar-refractivity contribution is 0.583. The summed E-state index contributed by atoms with van der Waals surface area (Å²) in [6.07, 6.45) is 5.75. The Morgan fingerprint density at radius 1 is 0.167 bits per heavy atom. The van der Waals surface area contributed by atoms with Crippen LogP contribution in [0.4, 0.5) is 0 Å². The van der Waals surface area contributed by atoms with Gasteiger partial charge in [0.15, 0.2) is 0 Å². The Balaban J connectivity index is 0.000000216. The van der Waals surface area contributed by atoms with Crippen molar-refractivity contribution in [2.45, 2.75) is 200 Å². The molecule has 0 unspecified atom stereocenters. The van der Waals surface area contributed by atoms with Gasteiger partial charge in [0.05, 0.1) is 0 Å². The van der Waals surface area contributed by atoms with Crippen molar-refractivity contribution in [3.05, 3.63) is 393 Å². The first-order valence-electron chi connectivity index (χ1n) is 40.6. The van der Waals surface area contributed by atoms with E-state index in [0.29, 0.717) is 0 Å². The van der Waals surface area contributed by atoms with Crippen molar-refractivity contribution in [3.8, 4) is 0 Å². The zero-order chi connectivity index (χ0) is 78.4. The van der Waals surface area contributed by atoms with Gasteiger partial charge in [-0.25, -0.2) is 0 Å². The van der Waals surface area contributed by atoms with E-state index in [1.165, 1.54) is 148 Å². The molecule has 0 aliphatic heterocycles. The number of benzene rings is 15. The smallest absolute Gasteiger partial charge is 0.00105 e. The van der Waals surface area contributed by atoms with E-state index in [1.807, 2.05) is 83.1 Å². The summed E-state index contributed by atoms with van der Waals surface area (Å²) in [4.78, 5) is 0. The predicted molar refractivity (Wildman–Crippen MR) is 484 cm³/mol.